The van der Waals surface area contributed by atoms with Crippen LogP contribution in [0.15, 0.2) is 18.2 Å². The van der Waals surface area contributed by atoms with Gasteiger partial charge in [-0.3, -0.25) is 4.79 Å². The van der Waals surface area contributed by atoms with Crippen molar-refractivity contribution in [2.24, 2.45) is 5.73 Å². The normalized spacial score (nSPS) is 20.4. The van der Waals surface area contributed by atoms with Crippen LogP contribution in [-0.2, 0) is 4.79 Å². The van der Waals surface area contributed by atoms with E-state index in [1.807, 2.05) is 13.1 Å². The minimum atomic E-state index is 0.103. The van der Waals surface area contributed by atoms with Crippen molar-refractivity contribution in [3.63, 3.8) is 0 Å². The maximum Gasteiger partial charge on any atom is 0.242 e. The Balaban J connectivity index is 2.29. The number of nitrogens with zero attached hydrogens (tertiary/aromatic N) is 2. The molecular weight excluding hydrogens is 226 g/mol. The zero-order valence-electron chi connectivity index (χ0n) is 11.3. The van der Waals surface area contributed by atoms with Gasteiger partial charge in [-0.1, -0.05) is 12.1 Å². The molecular formula is C14H21N3O. The number of rotatable bonds is 2. The van der Waals surface area contributed by atoms with Gasteiger partial charge in [-0.05, 0) is 31.0 Å². The minimum absolute atomic E-state index is 0.103. The average molecular weight is 247 g/mol. The lowest BCUT2D eigenvalue weighted by atomic mass is 10.1. The summed E-state index contributed by atoms with van der Waals surface area (Å²) < 4.78 is 0. The summed E-state index contributed by atoms with van der Waals surface area (Å²) in [6.45, 7) is 5.95. The highest BCUT2D eigenvalue weighted by Crippen LogP contribution is 2.25. The fourth-order valence-corrected chi connectivity index (χ4v) is 2.41. The summed E-state index contributed by atoms with van der Waals surface area (Å²) in [4.78, 5) is 15.9. The first-order chi connectivity index (χ1) is 8.54. The molecule has 2 N–H and O–H groups in total. The summed E-state index contributed by atoms with van der Waals surface area (Å²) in [6.07, 6.45) is 0. The van der Waals surface area contributed by atoms with Gasteiger partial charge in [0.2, 0.25) is 5.91 Å². The van der Waals surface area contributed by atoms with Gasteiger partial charge in [-0.15, -0.1) is 0 Å². The van der Waals surface area contributed by atoms with E-state index in [-0.39, 0.29) is 11.9 Å². The van der Waals surface area contributed by atoms with Gasteiger partial charge in [0, 0.05) is 25.8 Å². The van der Waals surface area contributed by atoms with Crippen molar-refractivity contribution in [2.75, 3.05) is 31.6 Å². The number of likely N-dealkylation sites (N-methyl/N-ethyl adjacent to an activating group) is 1. The standard InChI is InChI=1S/C14H21N3O/c1-10-5-4-6-13(11(10)2)17-8-12(7-15)16(3)14(18)9-17/h4-6,12H,7-9,15H2,1-3H3. The molecule has 1 amide bonds. The van der Waals surface area contributed by atoms with E-state index in [1.165, 1.54) is 11.1 Å². The third-order valence-electron chi connectivity index (χ3n) is 3.89. The Morgan fingerprint density at radius 2 is 2.11 bits per heavy atom. The van der Waals surface area contributed by atoms with E-state index in [1.54, 1.807) is 4.90 Å². The number of hydrogen-bond acceptors (Lipinski definition) is 3. The quantitative estimate of drug-likeness (QED) is 0.845. The maximum atomic E-state index is 12.0. The van der Waals surface area contributed by atoms with Crippen LogP contribution < -0.4 is 10.6 Å². The first-order valence-corrected chi connectivity index (χ1v) is 6.31. The highest BCUT2D eigenvalue weighted by molar-refractivity contribution is 5.83. The third-order valence-corrected chi connectivity index (χ3v) is 3.89. The topological polar surface area (TPSA) is 49.6 Å². The molecule has 4 heteroatoms. The zero-order valence-corrected chi connectivity index (χ0v) is 11.3. The highest BCUT2D eigenvalue weighted by Gasteiger charge is 2.29. The Morgan fingerprint density at radius 3 is 2.78 bits per heavy atom. The smallest absolute Gasteiger partial charge is 0.242 e. The third kappa shape index (κ3) is 2.20. The Bertz CT molecular complexity index is 458. The van der Waals surface area contributed by atoms with Crippen LogP contribution in [0.25, 0.3) is 0 Å². The SMILES string of the molecule is Cc1cccc(N2CC(=O)N(C)C(CN)C2)c1C. The fraction of sp³-hybridized carbons (Fsp3) is 0.500. The van der Waals surface area contributed by atoms with Crippen LogP contribution in [0.1, 0.15) is 11.1 Å². The molecule has 2 rings (SSSR count). The molecule has 1 heterocycles. The largest absolute Gasteiger partial charge is 0.360 e. The number of nitrogens with two attached hydrogens (primary N) is 1. The average Bonchev–Trinajstić information content (AvgIpc) is 2.36. The Labute approximate surface area is 108 Å². The molecule has 1 aliphatic rings. The van der Waals surface area contributed by atoms with Crippen LogP contribution >= 0.6 is 0 Å². The number of carbonyl (C=O) groups excluding carboxylic acids is 1. The monoisotopic (exact) mass is 247 g/mol. The van der Waals surface area contributed by atoms with Crippen molar-refractivity contribution in [2.45, 2.75) is 19.9 Å². The summed E-state index contributed by atoms with van der Waals surface area (Å²) in [5.74, 6) is 0.137. The number of hydrogen-bond donors (Lipinski definition) is 1. The van der Waals surface area contributed by atoms with E-state index in [4.69, 9.17) is 5.73 Å². The first-order valence-electron chi connectivity index (χ1n) is 6.31. The lowest BCUT2D eigenvalue weighted by Gasteiger charge is -2.40. The van der Waals surface area contributed by atoms with E-state index in [0.717, 1.165) is 12.2 Å². The highest BCUT2D eigenvalue weighted by atomic mass is 16.2. The van der Waals surface area contributed by atoms with Gasteiger partial charge in [0.15, 0.2) is 0 Å². The van der Waals surface area contributed by atoms with Crippen LogP contribution in [0.4, 0.5) is 5.69 Å². The number of amides is 1. The summed E-state index contributed by atoms with van der Waals surface area (Å²) >= 11 is 0. The van der Waals surface area contributed by atoms with Crippen LogP contribution in [0.5, 0.6) is 0 Å². The number of benzene rings is 1. The van der Waals surface area contributed by atoms with Crippen molar-refractivity contribution >= 4 is 11.6 Å². The molecule has 98 valence electrons. The second-order valence-corrected chi connectivity index (χ2v) is 4.99. The second-order valence-electron chi connectivity index (χ2n) is 4.99. The van der Waals surface area contributed by atoms with Crippen LogP contribution in [0.3, 0.4) is 0 Å². The lowest BCUT2D eigenvalue weighted by Crippen LogP contribution is -2.57. The molecule has 0 bridgehead atoms. The predicted molar refractivity (Wildman–Crippen MR) is 73.7 cm³/mol. The summed E-state index contributed by atoms with van der Waals surface area (Å²) in [7, 11) is 1.83. The molecule has 0 aliphatic carbocycles. The number of piperazine rings is 1. The Kier molecular flexibility index (Phi) is 3.57. The Morgan fingerprint density at radius 1 is 1.39 bits per heavy atom. The zero-order chi connectivity index (χ0) is 13.3. The maximum absolute atomic E-state index is 12.0. The van der Waals surface area contributed by atoms with Crippen molar-refractivity contribution in [1.29, 1.82) is 0 Å². The number of anilines is 1. The van der Waals surface area contributed by atoms with Gasteiger partial charge < -0.3 is 15.5 Å². The van der Waals surface area contributed by atoms with Crippen molar-refractivity contribution in [3.05, 3.63) is 29.3 Å². The molecule has 1 saturated heterocycles. The van der Waals surface area contributed by atoms with E-state index in [2.05, 4.69) is 30.9 Å². The molecule has 0 spiro atoms. The van der Waals surface area contributed by atoms with Gasteiger partial charge in [0.25, 0.3) is 0 Å². The molecule has 0 saturated carbocycles. The lowest BCUT2D eigenvalue weighted by molar-refractivity contribution is -0.131. The van der Waals surface area contributed by atoms with Gasteiger partial charge in [-0.2, -0.15) is 0 Å². The van der Waals surface area contributed by atoms with E-state index in [9.17, 15) is 4.79 Å². The molecule has 1 fully saturated rings. The minimum Gasteiger partial charge on any atom is -0.360 e. The van der Waals surface area contributed by atoms with Crippen molar-refractivity contribution in [3.8, 4) is 0 Å². The van der Waals surface area contributed by atoms with Gasteiger partial charge in [0.1, 0.15) is 0 Å². The van der Waals surface area contributed by atoms with Gasteiger partial charge in [0.05, 0.1) is 12.6 Å². The summed E-state index contributed by atoms with van der Waals surface area (Å²) in [6, 6.07) is 6.31. The van der Waals surface area contributed by atoms with Crippen LogP contribution in [-0.4, -0.2) is 43.5 Å². The molecule has 1 aromatic rings. The second kappa shape index (κ2) is 4.98. The molecule has 1 atom stereocenters. The fourth-order valence-electron chi connectivity index (χ4n) is 2.41. The number of carbonyl (C=O) groups is 1. The van der Waals surface area contributed by atoms with Gasteiger partial charge in [-0.25, -0.2) is 0 Å². The molecule has 0 radical (unpaired) electrons. The van der Waals surface area contributed by atoms with E-state index >= 15 is 0 Å². The molecule has 4 nitrogen and oxygen atoms in total. The van der Waals surface area contributed by atoms with E-state index in [0.29, 0.717) is 13.1 Å². The molecule has 1 unspecified atom stereocenters. The molecule has 1 aliphatic heterocycles. The van der Waals surface area contributed by atoms with Gasteiger partial charge >= 0.3 is 0 Å². The molecule has 1 aromatic carbocycles. The number of aryl methyl sites for hydroxylation is 1. The Hall–Kier alpha value is -1.55. The summed E-state index contributed by atoms with van der Waals surface area (Å²) in [5, 5.41) is 0. The van der Waals surface area contributed by atoms with Crippen molar-refractivity contribution in [1.82, 2.24) is 4.90 Å². The first kappa shape index (κ1) is 12.9. The molecule has 0 aromatic heterocycles. The molecule has 18 heavy (non-hydrogen) atoms. The summed E-state index contributed by atoms with van der Waals surface area (Å²) in [5.41, 5.74) is 9.39. The van der Waals surface area contributed by atoms with Crippen LogP contribution in [0, 0.1) is 13.8 Å². The van der Waals surface area contributed by atoms with Crippen LogP contribution in [0.2, 0.25) is 0 Å². The van der Waals surface area contributed by atoms with E-state index < -0.39 is 0 Å². The predicted octanol–water partition coefficient (Wildman–Crippen LogP) is 0.909. The van der Waals surface area contributed by atoms with Crippen molar-refractivity contribution < 1.29 is 4.79 Å².